The number of nitrogens with zero attached hydrogens (tertiary/aromatic N) is 2. The molecule has 0 radical (unpaired) electrons. The third-order valence-electron chi connectivity index (χ3n) is 6.06. The van der Waals surface area contributed by atoms with Crippen LogP contribution in [0.5, 0.6) is 23.0 Å². The van der Waals surface area contributed by atoms with Gasteiger partial charge in [0, 0.05) is 12.1 Å². The minimum atomic E-state index is -0.580. The summed E-state index contributed by atoms with van der Waals surface area (Å²) in [5.41, 5.74) is 2.75. The average molecular weight is 541 g/mol. The highest BCUT2D eigenvalue weighted by Crippen LogP contribution is 2.30. The summed E-state index contributed by atoms with van der Waals surface area (Å²) in [7, 11) is 6.12. The molecule has 0 spiro atoms. The molecule has 2 heterocycles. The number of esters is 2. The van der Waals surface area contributed by atoms with Crippen molar-refractivity contribution in [2.24, 2.45) is 9.98 Å². The van der Waals surface area contributed by atoms with Crippen LogP contribution in [0, 0.1) is 0 Å². The molecule has 10 nitrogen and oxygen atoms in total. The molecule has 3 aromatic carbocycles. The molecule has 0 atom stereocenters. The first-order valence-corrected chi connectivity index (χ1v) is 12.0. The van der Waals surface area contributed by atoms with Gasteiger partial charge < -0.3 is 28.4 Å². The summed E-state index contributed by atoms with van der Waals surface area (Å²) in [6.45, 7) is 0. The largest absolute Gasteiger partial charge is 0.497 e. The van der Waals surface area contributed by atoms with Crippen molar-refractivity contribution in [2.75, 3.05) is 28.4 Å². The monoisotopic (exact) mass is 540 g/mol. The van der Waals surface area contributed by atoms with Gasteiger partial charge in [-0.1, -0.05) is 24.3 Å². The van der Waals surface area contributed by atoms with E-state index in [1.54, 1.807) is 87.0 Å². The molecule has 5 rings (SSSR count). The van der Waals surface area contributed by atoms with Crippen molar-refractivity contribution in [1.29, 1.82) is 0 Å². The predicted octanol–water partition coefficient (Wildman–Crippen LogP) is 4.41. The Morgan fingerprint density at radius 2 is 0.975 bits per heavy atom. The Labute approximate surface area is 229 Å². The summed E-state index contributed by atoms with van der Waals surface area (Å²) < 4.78 is 32.0. The molecule has 0 fully saturated rings. The quantitative estimate of drug-likeness (QED) is 0.305. The molecule has 0 saturated carbocycles. The summed E-state index contributed by atoms with van der Waals surface area (Å²) in [5, 5.41) is 0. The first-order valence-electron chi connectivity index (χ1n) is 12.0. The van der Waals surface area contributed by atoms with E-state index in [-0.39, 0.29) is 23.2 Å². The maximum Gasteiger partial charge on any atom is 0.363 e. The van der Waals surface area contributed by atoms with Crippen LogP contribution in [-0.2, 0) is 19.1 Å². The highest BCUT2D eigenvalue weighted by atomic mass is 16.6. The molecule has 2 aliphatic rings. The number of cyclic esters (lactones) is 2. The van der Waals surface area contributed by atoms with Crippen molar-refractivity contribution in [3.63, 3.8) is 0 Å². The highest BCUT2D eigenvalue weighted by Gasteiger charge is 2.28. The zero-order chi connectivity index (χ0) is 28.2. The summed E-state index contributed by atoms with van der Waals surface area (Å²) in [5.74, 6) is 1.25. The first kappa shape index (κ1) is 26.2. The second kappa shape index (κ2) is 11.2. The van der Waals surface area contributed by atoms with E-state index in [9.17, 15) is 9.59 Å². The van der Waals surface area contributed by atoms with E-state index in [4.69, 9.17) is 28.4 Å². The SMILES string of the molecule is COc1ccc(C2=N/C(=C\c3ccc(/C=C4\N=C(c5ccc(OC)cc5OC)OC4=O)cc3)C(=O)O2)c(OC)c1. The number of hydrogen-bond donors (Lipinski definition) is 0. The Balaban J connectivity index is 1.36. The van der Waals surface area contributed by atoms with Gasteiger partial charge in [0.2, 0.25) is 11.8 Å². The van der Waals surface area contributed by atoms with Gasteiger partial charge in [-0.3, -0.25) is 0 Å². The summed E-state index contributed by atoms with van der Waals surface area (Å²) in [6, 6.07) is 17.4. The van der Waals surface area contributed by atoms with Crippen molar-refractivity contribution in [2.45, 2.75) is 0 Å². The van der Waals surface area contributed by atoms with Crippen molar-refractivity contribution in [1.82, 2.24) is 0 Å². The summed E-state index contributed by atoms with van der Waals surface area (Å²) >= 11 is 0. The smallest absolute Gasteiger partial charge is 0.363 e. The Morgan fingerprint density at radius 1 is 0.575 bits per heavy atom. The second-order valence-corrected chi connectivity index (χ2v) is 8.47. The van der Waals surface area contributed by atoms with Gasteiger partial charge in [0.15, 0.2) is 11.4 Å². The van der Waals surface area contributed by atoms with E-state index >= 15 is 0 Å². The van der Waals surface area contributed by atoms with Gasteiger partial charge in [-0.25, -0.2) is 19.6 Å². The van der Waals surface area contributed by atoms with Gasteiger partial charge in [0.05, 0.1) is 39.6 Å². The van der Waals surface area contributed by atoms with Crippen LogP contribution >= 0.6 is 0 Å². The zero-order valence-electron chi connectivity index (χ0n) is 22.1. The summed E-state index contributed by atoms with van der Waals surface area (Å²) in [4.78, 5) is 33.7. The molecule has 10 heteroatoms. The lowest BCUT2D eigenvalue weighted by molar-refractivity contribution is -0.130. The Bertz CT molecular complexity index is 1500. The molecule has 0 amide bonds. The lowest BCUT2D eigenvalue weighted by Gasteiger charge is -2.08. The molecule has 0 bridgehead atoms. The summed E-state index contributed by atoms with van der Waals surface area (Å²) in [6.07, 6.45) is 3.22. The van der Waals surface area contributed by atoms with Crippen LogP contribution in [0.15, 0.2) is 82.0 Å². The van der Waals surface area contributed by atoms with Crippen LogP contribution in [0.25, 0.3) is 12.2 Å². The van der Waals surface area contributed by atoms with Crippen molar-refractivity contribution >= 4 is 35.9 Å². The lowest BCUT2D eigenvalue weighted by atomic mass is 10.1. The third-order valence-corrected chi connectivity index (χ3v) is 6.06. The normalized spacial score (nSPS) is 16.4. The number of carbonyl (C=O) groups is 2. The number of aliphatic imine (C=N–C) groups is 2. The van der Waals surface area contributed by atoms with Crippen LogP contribution in [0.1, 0.15) is 22.3 Å². The van der Waals surface area contributed by atoms with Crippen LogP contribution in [0.3, 0.4) is 0 Å². The van der Waals surface area contributed by atoms with E-state index in [1.165, 1.54) is 14.2 Å². The standard InChI is InChI=1S/C30H24N2O8/c1-35-19-9-11-21(25(15-19)37-3)27-31-23(29(33)39-27)13-17-5-7-18(8-6-17)14-24-30(34)40-28(32-24)22-12-10-20(36-2)16-26(22)38-4/h5-16H,1-4H3/b23-13-,24-14-. The van der Waals surface area contributed by atoms with E-state index in [0.29, 0.717) is 45.3 Å². The van der Waals surface area contributed by atoms with Gasteiger partial charge in [-0.2, -0.15) is 0 Å². The average Bonchev–Trinajstić information content (AvgIpc) is 3.54. The fraction of sp³-hybridized carbons (Fsp3) is 0.133. The third kappa shape index (κ3) is 5.28. The zero-order valence-corrected chi connectivity index (χ0v) is 22.1. The van der Waals surface area contributed by atoms with Gasteiger partial charge >= 0.3 is 11.9 Å². The van der Waals surface area contributed by atoms with E-state index in [1.807, 2.05) is 0 Å². The van der Waals surface area contributed by atoms with Crippen molar-refractivity contribution < 1.29 is 38.0 Å². The molecule has 202 valence electrons. The van der Waals surface area contributed by atoms with E-state index in [2.05, 4.69) is 9.98 Å². The maximum atomic E-state index is 12.5. The fourth-order valence-corrected chi connectivity index (χ4v) is 4.00. The minimum absolute atomic E-state index is 0.138. The van der Waals surface area contributed by atoms with Crippen molar-refractivity contribution in [3.8, 4) is 23.0 Å². The number of methoxy groups -OCH3 is 4. The van der Waals surface area contributed by atoms with Crippen LogP contribution in [0.2, 0.25) is 0 Å². The number of ether oxygens (including phenoxy) is 6. The highest BCUT2D eigenvalue weighted by molar-refractivity contribution is 6.14. The first-order chi connectivity index (χ1) is 19.4. The maximum absolute atomic E-state index is 12.5. The van der Waals surface area contributed by atoms with Crippen LogP contribution in [0.4, 0.5) is 0 Å². The molecule has 3 aromatic rings. The molecule has 0 unspecified atom stereocenters. The molecule has 0 saturated heterocycles. The lowest BCUT2D eigenvalue weighted by Crippen LogP contribution is -2.07. The minimum Gasteiger partial charge on any atom is -0.497 e. The Morgan fingerprint density at radius 3 is 1.32 bits per heavy atom. The van der Waals surface area contributed by atoms with Gasteiger partial charge in [-0.05, 0) is 47.5 Å². The Hall–Kier alpha value is -5.38. The molecule has 0 N–H and O–H groups in total. The Kier molecular flexibility index (Phi) is 7.32. The second-order valence-electron chi connectivity index (χ2n) is 8.47. The molecule has 0 aliphatic carbocycles. The number of hydrogen-bond acceptors (Lipinski definition) is 10. The molecular formula is C30H24N2O8. The van der Waals surface area contributed by atoms with Crippen LogP contribution < -0.4 is 18.9 Å². The van der Waals surface area contributed by atoms with Gasteiger partial charge in [0.1, 0.15) is 23.0 Å². The number of benzene rings is 3. The number of rotatable bonds is 8. The van der Waals surface area contributed by atoms with E-state index in [0.717, 1.165) is 0 Å². The van der Waals surface area contributed by atoms with Gasteiger partial charge in [0.25, 0.3) is 0 Å². The molecule has 40 heavy (non-hydrogen) atoms. The molecule has 2 aliphatic heterocycles. The van der Waals surface area contributed by atoms with Crippen molar-refractivity contribution in [3.05, 3.63) is 94.3 Å². The topological polar surface area (TPSA) is 114 Å². The fourth-order valence-electron chi connectivity index (χ4n) is 4.00. The predicted molar refractivity (Wildman–Crippen MR) is 147 cm³/mol. The van der Waals surface area contributed by atoms with Gasteiger partial charge in [-0.15, -0.1) is 0 Å². The van der Waals surface area contributed by atoms with E-state index < -0.39 is 11.9 Å². The molecule has 0 aromatic heterocycles. The number of carbonyl (C=O) groups excluding carboxylic acids is 2. The molecular weight excluding hydrogens is 516 g/mol. The van der Waals surface area contributed by atoms with Crippen LogP contribution in [-0.4, -0.2) is 52.2 Å².